The summed E-state index contributed by atoms with van der Waals surface area (Å²) in [6.45, 7) is 4.87. The first-order chi connectivity index (χ1) is 11.7. The van der Waals surface area contributed by atoms with Crippen molar-refractivity contribution in [3.8, 4) is 5.82 Å². The molecule has 1 aliphatic heterocycles. The molecule has 0 aliphatic carbocycles. The summed E-state index contributed by atoms with van der Waals surface area (Å²) in [6.07, 6.45) is 3.55. The lowest BCUT2D eigenvalue weighted by Crippen LogP contribution is -2.30. The van der Waals surface area contributed by atoms with Gasteiger partial charge in [-0.25, -0.2) is 18.4 Å². The third kappa shape index (κ3) is 3.06. The van der Waals surface area contributed by atoms with Crippen LogP contribution in [0, 0.1) is 24.0 Å². The number of aromatic nitrogens is 4. The maximum Gasteiger partial charge on any atom is 0.333 e. The molecule has 0 aromatic carbocycles. The van der Waals surface area contributed by atoms with Gasteiger partial charge in [0.25, 0.3) is 0 Å². The maximum atomic E-state index is 11.9. The van der Waals surface area contributed by atoms with Crippen LogP contribution in [-0.4, -0.2) is 49.9 Å². The molecule has 0 unspecified atom stereocenters. The Kier molecular flexibility index (Phi) is 4.19. The molecule has 0 amide bonds. The minimum atomic E-state index is -3.13. The van der Waals surface area contributed by atoms with E-state index in [-0.39, 0.29) is 34.9 Å². The second-order valence-electron chi connectivity index (χ2n) is 6.02. The second kappa shape index (κ2) is 6.06. The number of rotatable bonds is 4. The van der Waals surface area contributed by atoms with Crippen molar-refractivity contribution >= 4 is 21.5 Å². The zero-order chi connectivity index (χ0) is 18.4. The van der Waals surface area contributed by atoms with Crippen LogP contribution in [0.1, 0.15) is 24.9 Å². The molecule has 10 nitrogen and oxygen atoms in total. The average Bonchev–Trinajstić information content (AvgIpc) is 3.05. The summed E-state index contributed by atoms with van der Waals surface area (Å²) in [5.41, 5.74) is -0.0159. The van der Waals surface area contributed by atoms with Gasteiger partial charge in [-0.15, -0.1) is 0 Å². The van der Waals surface area contributed by atoms with Crippen LogP contribution in [-0.2, 0) is 9.84 Å². The van der Waals surface area contributed by atoms with Crippen molar-refractivity contribution in [2.45, 2.75) is 38.5 Å². The topological polar surface area (TPSA) is 133 Å². The molecule has 3 heterocycles. The zero-order valence-corrected chi connectivity index (χ0v) is 14.8. The SMILES string of the molecule is Cc1nc(N[C@H]2CCS(=O)(=O)[C@@H]2C)nc(-n2ccnc2C)c1[N+](=O)[O-]. The number of nitro groups is 1. The molecule has 1 fully saturated rings. The summed E-state index contributed by atoms with van der Waals surface area (Å²) >= 11 is 0. The van der Waals surface area contributed by atoms with Gasteiger partial charge in [0.15, 0.2) is 9.84 Å². The summed E-state index contributed by atoms with van der Waals surface area (Å²) in [6, 6.07) is -0.331. The number of nitrogens with zero attached hydrogens (tertiary/aromatic N) is 5. The van der Waals surface area contributed by atoms with Crippen LogP contribution in [0.5, 0.6) is 0 Å². The fourth-order valence-electron chi connectivity index (χ4n) is 2.92. The Morgan fingerprint density at radius 1 is 1.36 bits per heavy atom. The quantitative estimate of drug-likeness (QED) is 0.630. The van der Waals surface area contributed by atoms with E-state index in [1.54, 1.807) is 20.0 Å². The van der Waals surface area contributed by atoms with E-state index in [0.717, 1.165) is 0 Å². The van der Waals surface area contributed by atoms with Crippen LogP contribution < -0.4 is 5.32 Å². The number of anilines is 1. The van der Waals surface area contributed by atoms with Gasteiger partial charge in [0.1, 0.15) is 11.5 Å². The molecule has 11 heteroatoms. The largest absolute Gasteiger partial charge is 0.350 e. The highest BCUT2D eigenvalue weighted by Gasteiger charge is 2.37. The molecule has 2 atom stereocenters. The van der Waals surface area contributed by atoms with E-state index in [2.05, 4.69) is 20.3 Å². The van der Waals surface area contributed by atoms with Crippen molar-refractivity contribution in [3.63, 3.8) is 0 Å². The summed E-state index contributed by atoms with van der Waals surface area (Å²) < 4.78 is 25.3. The van der Waals surface area contributed by atoms with Gasteiger partial charge in [-0.05, 0) is 27.2 Å². The molecule has 1 saturated heterocycles. The molecule has 1 aliphatic rings. The predicted molar refractivity (Wildman–Crippen MR) is 90.6 cm³/mol. The molecular formula is C14H18N6O4S. The lowest BCUT2D eigenvalue weighted by molar-refractivity contribution is -0.385. The van der Waals surface area contributed by atoms with Crippen molar-refractivity contribution in [2.24, 2.45) is 0 Å². The Balaban J connectivity index is 2.04. The Hall–Kier alpha value is -2.56. The molecule has 0 spiro atoms. The summed E-state index contributed by atoms with van der Waals surface area (Å²) in [5, 5.41) is 13.9. The van der Waals surface area contributed by atoms with E-state index in [4.69, 9.17) is 0 Å². The number of hydrogen-bond donors (Lipinski definition) is 1. The number of nitrogens with one attached hydrogen (secondary N) is 1. The van der Waals surface area contributed by atoms with Crippen LogP contribution >= 0.6 is 0 Å². The van der Waals surface area contributed by atoms with Crippen molar-refractivity contribution in [3.05, 3.63) is 34.0 Å². The first-order valence-corrected chi connectivity index (χ1v) is 9.43. The van der Waals surface area contributed by atoms with E-state index in [9.17, 15) is 18.5 Å². The first kappa shape index (κ1) is 17.3. The van der Waals surface area contributed by atoms with E-state index in [0.29, 0.717) is 12.2 Å². The minimum absolute atomic E-state index is 0.100. The molecule has 0 bridgehead atoms. The fraction of sp³-hybridized carbons (Fsp3) is 0.500. The summed E-state index contributed by atoms with van der Waals surface area (Å²) in [4.78, 5) is 23.4. The van der Waals surface area contributed by atoms with Crippen LogP contribution in [0.3, 0.4) is 0 Å². The van der Waals surface area contributed by atoms with Gasteiger partial charge < -0.3 is 5.32 Å². The van der Waals surface area contributed by atoms with Crippen molar-refractivity contribution in [1.29, 1.82) is 0 Å². The van der Waals surface area contributed by atoms with E-state index in [1.165, 1.54) is 17.7 Å². The second-order valence-corrected chi connectivity index (χ2v) is 8.50. The molecule has 3 rings (SSSR count). The predicted octanol–water partition coefficient (Wildman–Crippen LogP) is 1.17. The maximum absolute atomic E-state index is 11.9. The van der Waals surface area contributed by atoms with Gasteiger partial charge in [-0.2, -0.15) is 4.98 Å². The number of aryl methyl sites for hydroxylation is 2. The number of hydrogen-bond acceptors (Lipinski definition) is 8. The molecule has 1 N–H and O–H groups in total. The van der Waals surface area contributed by atoms with Crippen LogP contribution in [0.4, 0.5) is 11.6 Å². The Labute approximate surface area is 144 Å². The normalized spacial score (nSPS) is 22.0. The Morgan fingerprint density at radius 2 is 2.08 bits per heavy atom. The third-order valence-electron chi connectivity index (χ3n) is 4.44. The molecule has 134 valence electrons. The minimum Gasteiger partial charge on any atom is -0.350 e. The standard InChI is InChI=1S/C14H18N6O4S/c1-8-12(20(21)22)13(19-6-5-15-10(19)3)18-14(16-8)17-11-4-7-25(23,24)9(11)2/h5-6,9,11H,4,7H2,1-3H3,(H,16,17,18)/t9-,11+/m1/s1. The Bertz CT molecular complexity index is 939. The van der Waals surface area contributed by atoms with Gasteiger partial charge in [-0.3, -0.25) is 14.7 Å². The van der Waals surface area contributed by atoms with E-state index in [1.807, 2.05) is 0 Å². The molecule has 0 saturated carbocycles. The highest BCUT2D eigenvalue weighted by molar-refractivity contribution is 7.92. The molecule has 25 heavy (non-hydrogen) atoms. The third-order valence-corrected chi connectivity index (χ3v) is 6.70. The molecular weight excluding hydrogens is 348 g/mol. The van der Waals surface area contributed by atoms with E-state index < -0.39 is 20.0 Å². The van der Waals surface area contributed by atoms with Gasteiger partial charge in [0.2, 0.25) is 11.8 Å². The monoisotopic (exact) mass is 366 g/mol. The first-order valence-electron chi connectivity index (χ1n) is 7.72. The van der Waals surface area contributed by atoms with Gasteiger partial charge in [0.05, 0.1) is 15.9 Å². The van der Waals surface area contributed by atoms with E-state index >= 15 is 0 Å². The number of sulfone groups is 1. The average molecular weight is 366 g/mol. The lowest BCUT2D eigenvalue weighted by Gasteiger charge is -2.17. The summed E-state index contributed by atoms with van der Waals surface area (Å²) in [7, 11) is -3.13. The molecule has 2 aromatic heterocycles. The highest BCUT2D eigenvalue weighted by Crippen LogP contribution is 2.28. The summed E-state index contributed by atoms with van der Waals surface area (Å²) in [5.74, 6) is 0.915. The number of imidazole rings is 1. The fourth-order valence-corrected chi connectivity index (χ4v) is 4.58. The smallest absolute Gasteiger partial charge is 0.333 e. The highest BCUT2D eigenvalue weighted by atomic mass is 32.2. The van der Waals surface area contributed by atoms with Crippen molar-refractivity contribution in [1.82, 2.24) is 19.5 Å². The lowest BCUT2D eigenvalue weighted by atomic mass is 10.2. The van der Waals surface area contributed by atoms with Gasteiger partial charge >= 0.3 is 5.69 Å². The molecule has 2 aromatic rings. The van der Waals surface area contributed by atoms with Crippen LogP contribution in [0.25, 0.3) is 5.82 Å². The Morgan fingerprint density at radius 3 is 2.60 bits per heavy atom. The van der Waals surface area contributed by atoms with Crippen molar-refractivity contribution < 1.29 is 13.3 Å². The van der Waals surface area contributed by atoms with Crippen molar-refractivity contribution in [2.75, 3.05) is 11.1 Å². The van der Waals surface area contributed by atoms with Crippen LogP contribution in [0.15, 0.2) is 12.4 Å². The van der Waals surface area contributed by atoms with Gasteiger partial charge in [-0.1, -0.05) is 0 Å². The zero-order valence-electron chi connectivity index (χ0n) is 14.0. The van der Waals surface area contributed by atoms with Crippen LogP contribution in [0.2, 0.25) is 0 Å². The van der Waals surface area contributed by atoms with Gasteiger partial charge in [0, 0.05) is 18.4 Å². The molecule has 0 radical (unpaired) electrons.